The molecule has 2 heterocycles. The van der Waals surface area contributed by atoms with E-state index in [1.807, 2.05) is 13.0 Å². The Labute approximate surface area is 114 Å². The van der Waals surface area contributed by atoms with Gasteiger partial charge in [0.05, 0.1) is 17.4 Å². The minimum Gasteiger partial charge on any atom is -0.320 e. The molecule has 0 aliphatic heterocycles. The second-order valence-electron chi connectivity index (χ2n) is 3.68. The molecule has 2 aromatic rings. The van der Waals surface area contributed by atoms with Crippen LogP contribution in [0.3, 0.4) is 0 Å². The van der Waals surface area contributed by atoms with Crippen LogP contribution in [0.25, 0.3) is 0 Å². The normalized spacial score (nSPS) is 10.2. The Kier molecular flexibility index (Phi) is 3.79. The van der Waals surface area contributed by atoms with E-state index in [-0.39, 0.29) is 21.8 Å². The van der Waals surface area contributed by atoms with E-state index >= 15 is 0 Å². The summed E-state index contributed by atoms with van der Waals surface area (Å²) in [6.07, 6.45) is 3.26. The largest absolute Gasteiger partial charge is 0.320 e. The van der Waals surface area contributed by atoms with E-state index in [4.69, 9.17) is 23.2 Å². The number of pyridine rings is 2. The van der Waals surface area contributed by atoms with Crippen LogP contribution in [-0.2, 0) is 0 Å². The van der Waals surface area contributed by atoms with E-state index in [0.717, 1.165) is 5.56 Å². The van der Waals surface area contributed by atoms with Crippen LogP contribution in [-0.4, -0.2) is 15.9 Å². The molecule has 2 rings (SSSR count). The maximum atomic E-state index is 12.0. The predicted molar refractivity (Wildman–Crippen MR) is 71.2 cm³/mol. The number of carbonyl (C=O) groups is 1. The van der Waals surface area contributed by atoms with Gasteiger partial charge in [-0.15, -0.1) is 0 Å². The van der Waals surface area contributed by atoms with Crippen molar-refractivity contribution in [3.05, 3.63) is 52.0 Å². The lowest BCUT2D eigenvalue weighted by molar-refractivity contribution is 0.102. The van der Waals surface area contributed by atoms with Crippen molar-refractivity contribution in [1.82, 2.24) is 9.97 Å². The molecule has 4 nitrogen and oxygen atoms in total. The Morgan fingerprint density at radius 1 is 1.28 bits per heavy atom. The van der Waals surface area contributed by atoms with E-state index in [9.17, 15) is 4.79 Å². The van der Waals surface area contributed by atoms with Crippen LogP contribution in [0, 0.1) is 6.92 Å². The minimum absolute atomic E-state index is 0.0700. The Morgan fingerprint density at radius 2 is 2.06 bits per heavy atom. The van der Waals surface area contributed by atoms with Crippen LogP contribution < -0.4 is 5.32 Å². The molecule has 0 aliphatic carbocycles. The topological polar surface area (TPSA) is 54.9 Å². The number of rotatable bonds is 2. The highest BCUT2D eigenvalue weighted by Crippen LogP contribution is 2.18. The molecule has 0 bridgehead atoms. The SMILES string of the molecule is Cc1cncc(NC(=O)c2ccc(Cl)nc2Cl)c1. The average Bonchev–Trinajstić information content (AvgIpc) is 2.28. The lowest BCUT2D eigenvalue weighted by atomic mass is 10.2. The molecule has 92 valence electrons. The predicted octanol–water partition coefficient (Wildman–Crippen LogP) is 3.34. The van der Waals surface area contributed by atoms with E-state index < -0.39 is 0 Å². The van der Waals surface area contributed by atoms with E-state index in [1.54, 1.807) is 12.4 Å². The first kappa shape index (κ1) is 12.8. The van der Waals surface area contributed by atoms with Crippen molar-refractivity contribution in [1.29, 1.82) is 0 Å². The molecule has 1 amide bonds. The van der Waals surface area contributed by atoms with Gasteiger partial charge in [-0.1, -0.05) is 23.2 Å². The number of aromatic nitrogens is 2. The van der Waals surface area contributed by atoms with Gasteiger partial charge in [-0.2, -0.15) is 0 Å². The zero-order valence-corrected chi connectivity index (χ0v) is 11.0. The molecule has 1 N–H and O–H groups in total. The standard InChI is InChI=1S/C12H9Cl2N3O/c1-7-4-8(6-15-5-7)16-12(18)9-2-3-10(13)17-11(9)14/h2-6H,1H3,(H,16,18). The zero-order valence-electron chi connectivity index (χ0n) is 9.45. The zero-order chi connectivity index (χ0) is 13.1. The van der Waals surface area contributed by atoms with Crippen molar-refractivity contribution in [2.45, 2.75) is 6.92 Å². The second-order valence-corrected chi connectivity index (χ2v) is 4.42. The van der Waals surface area contributed by atoms with Crippen LogP contribution in [0.15, 0.2) is 30.6 Å². The summed E-state index contributed by atoms with van der Waals surface area (Å²) < 4.78 is 0. The summed E-state index contributed by atoms with van der Waals surface area (Å²) in [5.74, 6) is -0.350. The molecular formula is C12H9Cl2N3O. The Hall–Kier alpha value is -1.65. The maximum Gasteiger partial charge on any atom is 0.258 e. The Balaban J connectivity index is 2.22. The molecule has 0 saturated heterocycles. The number of nitrogens with one attached hydrogen (secondary N) is 1. The Bertz CT molecular complexity index is 602. The summed E-state index contributed by atoms with van der Waals surface area (Å²) >= 11 is 11.5. The van der Waals surface area contributed by atoms with Gasteiger partial charge >= 0.3 is 0 Å². The third-order valence-electron chi connectivity index (χ3n) is 2.19. The highest BCUT2D eigenvalue weighted by Gasteiger charge is 2.12. The van der Waals surface area contributed by atoms with Gasteiger partial charge in [0.15, 0.2) is 0 Å². The quantitative estimate of drug-likeness (QED) is 0.859. The molecule has 0 aliphatic rings. The molecule has 0 unspecified atom stereocenters. The van der Waals surface area contributed by atoms with E-state index in [2.05, 4.69) is 15.3 Å². The highest BCUT2D eigenvalue weighted by molar-refractivity contribution is 6.35. The van der Waals surface area contributed by atoms with Crippen LogP contribution in [0.5, 0.6) is 0 Å². The summed E-state index contributed by atoms with van der Waals surface area (Å²) in [5, 5.41) is 3.00. The van der Waals surface area contributed by atoms with Gasteiger partial charge in [-0.05, 0) is 30.7 Å². The van der Waals surface area contributed by atoms with Crippen molar-refractivity contribution in [2.75, 3.05) is 5.32 Å². The molecule has 0 spiro atoms. The molecule has 0 radical (unpaired) electrons. The van der Waals surface area contributed by atoms with Gasteiger partial charge in [0, 0.05) is 6.20 Å². The summed E-state index contributed by atoms with van der Waals surface area (Å²) in [5.41, 5.74) is 1.82. The van der Waals surface area contributed by atoms with Crippen LogP contribution in [0.1, 0.15) is 15.9 Å². The number of hydrogen-bond donors (Lipinski definition) is 1. The number of aryl methyl sites for hydroxylation is 1. The number of amides is 1. The first-order valence-corrected chi connectivity index (χ1v) is 5.87. The maximum absolute atomic E-state index is 12.0. The number of carbonyl (C=O) groups excluding carboxylic acids is 1. The van der Waals surface area contributed by atoms with Crippen molar-refractivity contribution >= 4 is 34.8 Å². The smallest absolute Gasteiger partial charge is 0.258 e. The average molecular weight is 282 g/mol. The third kappa shape index (κ3) is 2.97. The molecule has 6 heteroatoms. The van der Waals surface area contributed by atoms with E-state index in [0.29, 0.717) is 5.69 Å². The second kappa shape index (κ2) is 5.33. The van der Waals surface area contributed by atoms with Gasteiger partial charge < -0.3 is 5.32 Å². The molecule has 0 atom stereocenters. The molecule has 0 saturated carbocycles. The third-order valence-corrected chi connectivity index (χ3v) is 2.69. The monoisotopic (exact) mass is 281 g/mol. The van der Waals surface area contributed by atoms with Crippen molar-refractivity contribution in [2.24, 2.45) is 0 Å². The fourth-order valence-corrected chi connectivity index (χ4v) is 1.83. The fourth-order valence-electron chi connectivity index (χ4n) is 1.40. The molecule has 0 fully saturated rings. The van der Waals surface area contributed by atoms with Crippen molar-refractivity contribution in [3.63, 3.8) is 0 Å². The molecule has 2 aromatic heterocycles. The van der Waals surface area contributed by atoms with Crippen LogP contribution in [0.2, 0.25) is 10.3 Å². The highest BCUT2D eigenvalue weighted by atomic mass is 35.5. The van der Waals surface area contributed by atoms with Gasteiger partial charge in [0.1, 0.15) is 10.3 Å². The first-order chi connectivity index (χ1) is 8.56. The van der Waals surface area contributed by atoms with Gasteiger partial charge in [-0.25, -0.2) is 4.98 Å². The minimum atomic E-state index is -0.350. The lowest BCUT2D eigenvalue weighted by Crippen LogP contribution is -2.13. The molecule has 0 aromatic carbocycles. The van der Waals surface area contributed by atoms with Crippen LogP contribution >= 0.6 is 23.2 Å². The number of anilines is 1. The van der Waals surface area contributed by atoms with Gasteiger partial charge in [0.25, 0.3) is 5.91 Å². The number of nitrogens with zero attached hydrogens (tertiary/aromatic N) is 2. The first-order valence-electron chi connectivity index (χ1n) is 5.11. The summed E-state index contributed by atoms with van der Waals surface area (Å²) in [6, 6.07) is 4.84. The number of halogens is 2. The molecular weight excluding hydrogens is 273 g/mol. The lowest BCUT2D eigenvalue weighted by Gasteiger charge is -2.06. The van der Waals surface area contributed by atoms with Gasteiger partial charge in [0.2, 0.25) is 0 Å². The molecule has 18 heavy (non-hydrogen) atoms. The van der Waals surface area contributed by atoms with E-state index in [1.165, 1.54) is 12.1 Å². The Morgan fingerprint density at radius 3 is 2.72 bits per heavy atom. The summed E-state index contributed by atoms with van der Waals surface area (Å²) in [4.78, 5) is 19.7. The van der Waals surface area contributed by atoms with Crippen LogP contribution in [0.4, 0.5) is 5.69 Å². The summed E-state index contributed by atoms with van der Waals surface area (Å²) in [7, 11) is 0. The van der Waals surface area contributed by atoms with Crippen molar-refractivity contribution < 1.29 is 4.79 Å². The fraction of sp³-hybridized carbons (Fsp3) is 0.0833. The van der Waals surface area contributed by atoms with Gasteiger partial charge in [-0.3, -0.25) is 9.78 Å². The summed E-state index contributed by atoms with van der Waals surface area (Å²) in [6.45, 7) is 1.89. The van der Waals surface area contributed by atoms with Crippen molar-refractivity contribution in [3.8, 4) is 0 Å². The number of hydrogen-bond acceptors (Lipinski definition) is 3.